The molecule has 11 aromatic carbocycles. The molecule has 0 saturated heterocycles. The standard InChI is InChI=1S/C88H63N3/c1-5-23-58(24-6-1)62-31-19-33-64(47-62)73-51-71(60-27-9-3-10-28-60)53-75(55-73)66-35-21-37-68(49-66)85-89-86(69-38-22-36-67(50-69)76-54-72(61-29-11-4-12-30-61)52-74(56-76)65-34-20-32-63(48-65)59-25-7-2-8-26-59)91-87(90-85)70-45-46-80-79-41-15-18-44-83(79)88(84(80)57-70)81-42-16-13-39-77(81)78-40-14-17-43-82(78)88/h1-31,33-35,37-50,52-57,63,67,71H,32,36,51H2. The lowest BCUT2D eigenvalue weighted by Crippen LogP contribution is -2.25. The number of rotatable bonds is 11. The Kier molecular flexibility index (Phi) is 13.5. The summed E-state index contributed by atoms with van der Waals surface area (Å²) in [5.41, 5.74) is 28.5. The van der Waals surface area contributed by atoms with Gasteiger partial charge in [0, 0.05) is 34.5 Å². The maximum atomic E-state index is 5.60. The van der Waals surface area contributed by atoms with Gasteiger partial charge in [0.05, 0.1) is 5.41 Å². The van der Waals surface area contributed by atoms with Crippen LogP contribution in [0.15, 0.2) is 328 Å². The van der Waals surface area contributed by atoms with Gasteiger partial charge < -0.3 is 0 Å². The SMILES string of the molecule is C1=CC(c2cc(-c3ccccc3)cc(C3C=C(c4nc(-c5cccc(C6=CC(c7ccccc7)CC(c7cccc(-c8ccccc8)c7)=C6)c5)nc(-c5ccc6c(c5)C5(c7ccccc7-c7ccccc75)c5ccccc5-6)n4)C=CC3)c2)=CC(c2ccccc2)C1. The smallest absolute Gasteiger partial charge is 0.164 e. The predicted molar refractivity (Wildman–Crippen MR) is 376 cm³/mol. The zero-order chi connectivity index (χ0) is 60.2. The fourth-order valence-corrected chi connectivity index (χ4v) is 15.2. The lowest BCUT2D eigenvalue weighted by atomic mass is 9.70. The van der Waals surface area contributed by atoms with Crippen LogP contribution in [-0.2, 0) is 5.41 Å². The van der Waals surface area contributed by atoms with E-state index in [-0.39, 0.29) is 11.8 Å². The summed E-state index contributed by atoms with van der Waals surface area (Å²) in [5.74, 6) is 2.44. The summed E-state index contributed by atoms with van der Waals surface area (Å²) in [6.07, 6.45) is 21.6. The maximum Gasteiger partial charge on any atom is 0.164 e. The molecule has 0 radical (unpaired) electrons. The van der Waals surface area contributed by atoms with Crippen LogP contribution in [-0.4, -0.2) is 15.0 Å². The van der Waals surface area contributed by atoms with Gasteiger partial charge in [-0.05, 0) is 160 Å². The van der Waals surface area contributed by atoms with Crippen LogP contribution in [0.4, 0.5) is 0 Å². The fraction of sp³-hybridized carbons (Fsp3) is 0.0795. The van der Waals surface area contributed by atoms with Gasteiger partial charge in [-0.15, -0.1) is 0 Å². The molecule has 0 aliphatic heterocycles. The summed E-state index contributed by atoms with van der Waals surface area (Å²) in [6, 6.07) is 102. The van der Waals surface area contributed by atoms with E-state index >= 15 is 0 Å². The van der Waals surface area contributed by atoms with Crippen molar-refractivity contribution in [1.29, 1.82) is 0 Å². The van der Waals surface area contributed by atoms with Crippen molar-refractivity contribution in [3.05, 3.63) is 389 Å². The van der Waals surface area contributed by atoms with Crippen molar-refractivity contribution >= 4 is 22.3 Å². The van der Waals surface area contributed by atoms with Gasteiger partial charge >= 0.3 is 0 Å². The van der Waals surface area contributed by atoms with E-state index in [1.54, 1.807) is 0 Å². The molecule has 3 atom stereocenters. The second-order valence-electron chi connectivity index (χ2n) is 24.8. The van der Waals surface area contributed by atoms with Crippen molar-refractivity contribution < 1.29 is 0 Å². The Balaban J connectivity index is 0.819. The molecule has 430 valence electrons. The van der Waals surface area contributed by atoms with Gasteiger partial charge in [-0.3, -0.25) is 0 Å². The Bertz CT molecular complexity index is 4960. The highest BCUT2D eigenvalue weighted by atomic mass is 15.0. The average Bonchev–Trinajstić information content (AvgIpc) is 1.51. The fourth-order valence-electron chi connectivity index (χ4n) is 15.2. The second-order valence-corrected chi connectivity index (χ2v) is 24.8. The number of nitrogens with zero attached hydrogens (tertiary/aromatic N) is 3. The van der Waals surface area contributed by atoms with E-state index in [2.05, 4.69) is 328 Å². The molecule has 0 bridgehead atoms. The van der Waals surface area contributed by atoms with Crippen LogP contribution in [0.3, 0.4) is 0 Å². The molecule has 3 nitrogen and oxygen atoms in total. The summed E-state index contributed by atoms with van der Waals surface area (Å²) < 4.78 is 0. The molecular weight excluding hydrogens is 1100 g/mol. The molecule has 17 rings (SSSR count). The maximum absolute atomic E-state index is 5.60. The van der Waals surface area contributed by atoms with Crippen LogP contribution in [0.5, 0.6) is 0 Å². The Hall–Kier alpha value is -11.1. The predicted octanol–water partition coefficient (Wildman–Crippen LogP) is 21.8. The van der Waals surface area contributed by atoms with E-state index in [1.807, 2.05) is 0 Å². The zero-order valence-electron chi connectivity index (χ0n) is 50.4. The van der Waals surface area contributed by atoms with Crippen molar-refractivity contribution in [2.45, 2.75) is 42.4 Å². The van der Waals surface area contributed by atoms with Gasteiger partial charge in [-0.2, -0.15) is 0 Å². The third-order valence-electron chi connectivity index (χ3n) is 19.5. The van der Waals surface area contributed by atoms with E-state index in [9.17, 15) is 0 Å². The summed E-state index contributed by atoms with van der Waals surface area (Å²) in [5, 5.41) is 0. The van der Waals surface area contributed by atoms with Gasteiger partial charge in [-0.25, -0.2) is 15.0 Å². The molecule has 5 aliphatic rings. The minimum Gasteiger partial charge on any atom is -0.208 e. The third-order valence-corrected chi connectivity index (χ3v) is 19.5. The Morgan fingerprint density at radius 2 is 0.714 bits per heavy atom. The minimum atomic E-state index is -0.524. The monoisotopic (exact) mass is 1160 g/mol. The second kappa shape index (κ2) is 22.8. The summed E-state index contributed by atoms with van der Waals surface area (Å²) in [4.78, 5) is 16.8. The minimum absolute atomic E-state index is 0.0542. The molecule has 1 aromatic heterocycles. The van der Waals surface area contributed by atoms with Crippen molar-refractivity contribution in [2.75, 3.05) is 0 Å². The van der Waals surface area contributed by atoms with E-state index in [1.165, 1.54) is 111 Å². The van der Waals surface area contributed by atoms with E-state index in [4.69, 9.17) is 15.0 Å². The molecular formula is C88H63N3. The first-order chi connectivity index (χ1) is 45.1. The van der Waals surface area contributed by atoms with Crippen molar-refractivity contribution in [3.63, 3.8) is 0 Å². The van der Waals surface area contributed by atoms with Gasteiger partial charge in [0.15, 0.2) is 17.5 Å². The largest absolute Gasteiger partial charge is 0.208 e. The number of hydrogen-bond donors (Lipinski definition) is 0. The highest BCUT2D eigenvalue weighted by Crippen LogP contribution is 2.63. The topological polar surface area (TPSA) is 38.7 Å². The Labute approximate surface area is 532 Å². The van der Waals surface area contributed by atoms with Gasteiger partial charge in [0.2, 0.25) is 0 Å². The van der Waals surface area contributed by atoms with Crippen LogP contribution in [0.2, 0.25) is 0 Å². The van der Waals surface area contributed by atoms with Gasteiger partial charge in [0.25, 0.3) is 0 Å². The molecule has 0 fully saturated rings. The molecule has 91 heavy (non-hydrogen) atoms. The Morgan fingerprint density at radius 1 is 0.275 bits per heavy atom. The zero-order valence-corrected chi connectivity index (χ0v) is 50.4. The van der Waals surface area contributed by atoms with Crippen molar-refractivity contribution in [3.8, 4) is 67.3 Å². The molecule has 3 unspecified atom stereocenters. The highest BCUT2D eigenvalue weighted by molar-refractivity contribution is 5.96. The first-order valence-electron chi connectivity index (χ1n) is 32.0. The molecule has 5 aliphatic carbocycles. The van der Waals surface area contributed by atoms with Crippen molar-refractivity contribution in [2.24, 2.45) is 0 Å². The summed E-state index contributed by atoms with van der Waals surface area (Å²) in [6.45, 7) is 0. The number of aromatic nitrogens is 3. The molecule has 1 spiro atoms. The first-order valence-corrected chi connectivity index (χ1v) is 32.0. The number of allylic oxidation sites excluding steroid dienone is 12. The van der Waals surface area contributed by atoms with Crippen LogP contribution < -0.4 is 0 Å². The van der Waals surface area contributed by atoms with E-state index in [0.29, 0.717) is 23.4 Å². The molecule has 12 aromatic rings. The highest BCUT2D eigenvalue weighted by Gasteiger charge is 2.51. The quantitative estimate of drug-likeness (QED) is 0.130. The molecule has 1 heterocycles. The van der Waals surface area contributed by atoms with Crippen LogP contribution in [0.25, 0.3) is 89.6 Å². The van der Waals surface area contributed by atoms with Crippen LogP contribution >= 0.6 is 0 Å². The van der Waals surface area contributed by atoms with Crippen LogP contribution in [0, 0.1) is 0 Å². The third kappa shape index (κ3) is 9.73. The average molecular weight is 1160 g/mol. The summed E-state index contributed by atoms with van der Waals surface area (Å²) in [7, 11) is 0. The first kappa shape index (κ1) is 54.1. The lowest BCUT2D eigenvalue weighted by molar-refractivity contribution is 0.794. The molecule has 0 saturated carbocycles. The van der Waals surface area contributed by atoms with Gasteiger partial charge in [-0.1, -0.05) is 303 Å². The van der Waals surface area contributed by atoms with E-state index < -0.39 is 5.41 Å². The molecule has 0 amide bonds. The number of fused-ring (bicyclic) bond motifs is 10. The Morgan fingerprint density at radius 3 is 1.36 bits per heavy atom. The normalized spacial score (nSPS) is 17.3. The summed E-state index contributed by atoms with van der Waals surface area (Å²) >= 11 is 0. The van der Waals surface area contributed by atoms with Crippen LogP contribution in [0.1, 0.15) is 98.5 Å². The number of hydrogen-bond acceptors (Lipinski definition) is 3. The number of benzene rings is 11. The van der Waals surface area contributed by atoms with Gasteiger partial charge in [0.1, 0.15) is 0 Å². The molecule has 0 N–H and O–H groups in total. The lowest BCUT2D eigenvalue weighted by Gasteiger charge is -2.30. The van der Waals surface area contributed by atoms with Crippen molar-refractivity contribution in [1.82, 2.24) is 15.0 Å². The molecule has 3 heteroatoms. The van der Waals surface area contributed by atoms with E-state index in [0.717, 1.165) is 41.5 Å².